The molecule has 0 atom stereocenters. The van der Waals surface area contributed by atoms with Crippen molar-refractivity contribution in [3.8, 4) is 16.9 Å². The van der Waals surface area contributed by atoms with E-state index in [9.17, 15) is 9.18 Å². The van der Waals surface area contributed by atoms with Crippen LogP contribution in [0.4, 0.5) is 9.18 Å². The Balaban J connectivity index is 1.40. The second-order valence-corrected chi connectivity index (χ2v) is 6.80. The molecule has 1 aliphatic rings. The normalized spacial score (nSPS) is 13.1. The molecule has 6 nitrogen and oxygen atoms in total. The molecule has 2 N–H and O–H groups in total. The number of aromatic nitrogens is 2. The molecule has 2 heterocycles. The Morgan fingerprint density at radius 1 is 1.25 bits per heavy atom. The smallest absolute Gasteiger partial charge is 0.317 e. The van der Waals surface area contributed by atoms with Crippen LogP contribution in [0.1, 0.15) is 16.7 Å². The van der Waals surface area contributed by atoms with Crippen molar-refractivity contribution in [1.82, 2.24) is 20.4 Å². The number of rotatable bonds is 4. The number of benzene rings is 2. The summed E-state index contributed by atoms with van der Waals surface area (Å²) in [5.74, 6) is 0.0495. The number of ether oxygens (including phenoxy) is 1. The second kappa shape index (κ2) is 7.72. The topological polar surface area (TPSA) is 70.2 Å². The molecule has 0 spiro atoms. The highest BCUT2D eigenvalue weighted by Gasteiger charge is 2.21. The third-order valence-electron chi connectivity index (χ3n) is 4.95. The molecule has 4 rings (SSSR count). The molecule has 2 amide bonds. The lowest BCUT2D eigenvalue weighted by Crippen LogP contribution is -2.42. The van der Waals surface area contributed by atoms with Crippen molar-refractivity contribution in [2.24, 2.45) is 0 Å². The van der Waals surface area contributed by atoms with Crippen molar-refractivity contribution in [1.29, 1.82) is 0 Å². The molecule has 1 aliphatic heterocycles. The quantitative estimate of drug-likeness (QED) is 0.728. The SMILES string of the molecule is COc1cc(F)cc(CNC(=O)N2CCc3cc(-c4cn[nH]c4)ccc3C2)c1. The third-order valence-corrected chi connectivity index (χ3v) is 4.95. The minimum atomic E-state index is -0.385. The molecule has 0 saturated carbocycles. The molecule has 7 heteroatoms. The Morgan fingerprint density at radius 3 is 2.93 bits per heavy atom. The number of halogens is 1. The molecular formula is C21H21FN4O2. The van der Waals surface area contributed by atoms with Gasteiger partial charge in [0.1, 0.15) is 11.6 Å². The van der Waals surface area contributed by atoms with Crippen molar-refractivity contribution in [2.45, 2.75) is 19.5 Å². The van der Waals surface area contributed by atoms with E-state index in [4.69, 9.17) is 4.74 Å². The van der Waals surface area contributed by atoms with E-state index in [1.807, 2.05) is 12.3 Å². The van der Waals surface area contributed by atoms with Gasteiger partial charge in [-0.3, -0.25) is 5.10 Å². The van der Waals surface area contributed by atoms with Crippen molar-refractivity contribution in [3.05, 3.63) is 71.3 Å². The zero-order chi connectivity index (χ0) is 19.5. The molecule has 0 saturated heterocycles. The van der Waals surface area contributed by atoms with E-state index in [-0.39, 0.29) is 18.4 Å². The molecule has 0 fully saturated rings. The summed E-state index contributed by atoms with van der Waals surface area (Å²) >= 11 is 0. The molecule has 144 valence electrons. The minimum Gasteiger partial charge on any atom is -0.497 e. The molecule has 1 aromatic heterocycles. The first-order valence-electron chi connectivity index (χ1n) is 9.09. The Hall–Kier alpha value is -3.35. The summed E-state index contributed by atoms with van der Waals surface area (Å²) in [6.45, 7) is 1.44. The highest BCUT2D eigenvalue weighted by Crippen LogP contribution is 2.26. The lowest BCUT2D eigenvalue weighted by Gasteiger charge is -2.29. The van der Waals surface area contributed by atoms with Crippen LogP contribution >= 0.6 is 0 Å². The lowest BCUT2D eigenvalue weighted by atomic mass is 9.96. The van der Waals surface area contributed by atoms with Crippen molar-refractivity contribution < 1.29 is 13.9 Å². The van der Waals surface area contributed by atoms with Crippen LogP contribution in [0.2, 0.25) is 0 Å². The number of aromatic amines is 1. The van der Waals surface area contributed by atoms with E-state index in [1.165, 1.54) is 24.8 Å². The highest BCUT2D eigenvalue weighted by molar-refractivity contribution is 5.75. The second-order valence-electron chi connectivity index (χ2n) is 6.80. The van der Waals surface area contributed by atoms with E-state index >= 15 is 0 Å². The Bertz CT molecular complexity index is 988. The molecule has 28 heavy (non-hydrogen) atoms. The zero-order valence-electron chi connectivity index (χ0n) is 15.5. The first kappa shape index (κ1) is 18.0. The van der Waals surface area contributed by atoms with E-state index in [0.29, 0.717) is 24.4 Å². The number of carbonyl (C=O) groups is 1. The fraction of sp³-hybridized carbons (Fsp3) is 0.238. The molecule has 0 unspecified atom stereocenters. The number of hydrogen-bond donors (Lipinski definition) is 2. The number of urea groups is 1. The van der Waals surface area contributed by atoms with Crippen molar-refractivity contribution >= 4 is 6.03 Å². The number of hydrogen-bond acceptors (Lipinski definition) is 3. The summed E-state index contributed by atoms with van der Waals surface area (Å²) in [4.78, 5) is 14.3. The first-order valence-corrected chi connectivity index (χ1v) is 9.09. The van der Waals surface area contributed by atoms with Crippen LogP contribution in [0.25, 0.3) is 11.1 Å². The van der Waals surface area contributed by atoms with Gasteiger partial charge in [0, 0.05) is 37.5 Å². The van der Waals surface area contributed by atoms with Gasteiger partial charge in [0.2, 0.25) is 0 Å². The Morgan fingerprint density at radius 2 is 2.14 bits per heavy atom. The lowest BCUT2D eigenvalue weighted by molar-refractivity contribution is 0.192. The van der Waals surface area contributed by atoms with E-state index in [2.05, 4.69) is 27.6 Å². The molecule has 2 aromatic carbocycles. The predicted molar refractivity (Wildman–Crippen MR) is 103 cm³/mol. The summed E-state index contributed by atoms with van der Waals surface area (Å²) in [5.41, 5.74) is 5.21. The maximum absolute atomic E-state index is 13.6. The number of fused-ring (bicyclic) bond motifs is 1. The van der Waals surface area contributed by atoms with Crippen LogP contribution in [0.5, 0.6) is 5.75 Å². The summed E-state index contributed by atoms with van der Waals surface area (Å²) in [6.07, 6.45) is 4.46. The largest absolute Gasteiger partial charge is 0.497 e. The van der Waals surface area contributed by atoms with Crippen LogP contribution in [0.15, 0.2) is 48.8 Å². The number of amides is 2. The fourth-order valence-electron chi connectivity index (χ4n) is 3.44. The van der Waals surface area contributed by atoms with Crippen LogP contribution in [0.3, 0.4) is 0 Å². The minimum absolute atomic E-state index is 0.159. The van der Waals surface area contributed by atoms with Crippen LogP contribution < -0.4 is 10.1 Å². The third kappa shape index (κ3) is 3.83. The van der Waals surface area contributed by atoms with E-state index in [1.54, 1.807) is 17.2 Å². The summed E-state index contributed by atoms with van der Waals surface area (Å²) < 4.78 is 18.6. The van der Waals surface area contributed by atoms with Gasteiger partial charge in [-0.2, -0.15) is 5.10 Å². The molecule has 0 aliphatic carbocycles. The molecule has 3 aromatic rings. The fourth-order valence-corrected chi connectivity index (χ4v) is 3.44. The van der Waals surface area contributed by atoms with Gasteiger partial charge in [-0.1, -0.05) is 18.2 Å². The average Bonchev–Trinajstić information content (AvgIpc) is 3.25. The molecule has 0 radical (unpaired) electrons. The van der Waals surface area contributed by atoms with Gasteiger partial charge in [-0.05, 0) is 40.8 Å². The van der Waals surface area contributed by atoms with Gasteiger partial charge in [0.25, 0.3) is 0 Å². The van der Waals surface area contributed by atoms with Crippen molar-refractivity contribution in [3.63, 3.8) is 0 Å². The zero-order valence-corrected chi connectivity index (χ0v) is 15.5. The average molecular weight is 380 g/mol. The first-order chi connectivity index (χ1) is 13.6. The number of nitrogens with zero attached hydrogens (tertiary/aromatic N) is 2. The maximum Gasteiger partial charge on any atom is 0.317 e. The summed E-state index contributed by atoms with van der Waals surface area (Å²) in [7, 11) is 1.49. The van der Waals surface area contributed by atoms with Crippen LogP contribution in [0, 0.1) is 5.82 Å². The van der Waals surface area contributed by atoms with Gasteiger partial charge in [0.05, 0.1) is 13.3 Å². The van der Waals surface area contributed by atoms with Gasteiger partial charge in [0.15, 0.2) is 0 Å². The Kier molecular flexibility index (Phi) is 4.97. The summed E-state index contributed by atoms with van der Waals surface area (Å²) in [6, 6.07) is 10.5. The molecular weight excluding hydrogens is 359 g/mol. The maximum atomic E-state index is 13.6. The van der Waals surface area contributed by atoms with E-state index in [0.717, 1.165) is 23.1 Å². The van der Waals surface area contributed by atoms with Gasteiger partial charge in [-0.15, -0.1) is 0 Å². The van der Waals surface area contributed by atoms with Gasteiger partial charge >= 0.3 is 6.03 Å². The number of methoxy groups -OCH3 is 1. The summed E-state index contributed by atoms with van der Waals surface area (Å²) in [5, 5.41) is 9.68. The van der Waals surface area contributed by atoms with Gasteiger partial charge in [-0.25, -0.2) is 9.18 Å². The van der Waals surface area contributed by atoms with Gasteiger partial charge < -0.3 is 15.0 Å². The van der Waals surface area contributed by atoms with Crippen LogP contribution in [-0.2, 0) is 19.5 Å². The Labute approximate surface area is 162 Å². The van der Waals surface area contributed by atoms with Crippen molar-refractivity contribution in [2.75, 3.05) is 13.7 Å². The standard InChI is InChI=1S/C21H21FN4O2/c1-28-20-7-14(6-19(22)9-20)10-23-21(27)26-5-4-16-8-15(2-3-17(16)13-26)18-11-24-25-12-18/h2-3,6-9,11-12H,4-5,10,13H2,1H3,(H,23,27)(H,24,25). The highest BCUT2D eigenvalue weighted by atomic mass is 19.1. The number of nitrogens with one attached hydrogen (secondary N) is 2. The monoisotopic (exact) mass is 380 g/mol. The number of H-pyrrole nitrogens is 1. The number of carbonyl (C=O) groups excluding carboxylic acids is 1. The molecule has 0 bridgehead atoms. The predicted octanol–water partition coefficient (Wildman–Crippen LogP) is 3.49. The van der Waals surface area contributed by atoms with Crippen LogP contribution in [-0.4, -0.2) is 34.8 Å². The van der Waals surface area contributed by atoms with E-state index < -0.39 is 0 Å².